The maximum Gasteiger partial charge on any atom is 0.0768 e. The van der Waals surface area contributed by atoms with Crippen LogP contribution in [0.2, 0.25) is 0 Å². The molecule has 0 aliphatic rings. The zero-order valence-corrected chi connectivity index (χ0v) is 7.30. The van der Waals surface area contributed by atoms with E-state index in [0.29, 0.717) is 6.42 Å². The molecule has 3 heteroatoms. The normalized spacial score (nSPS) is 12.4. The molecule has 0 aromatic heterocycles. The van der Waals surface area contributed by atoms with Crippen molar-refractivity contribution in [2.24, 2.45) is 0 Å². The summed E-state index contributed by atoms with van der Waals surface area (Å²) < 4.78 is 0. The van der Waals surface area contributed by atoms with Crippen LogP contribution < -0.4 is 0 Å². The third-order valence-electron chi connectivity index (χ3n) is 0.682. The van der Waals surface area contributed by atoms with Gasteiger partial charge in [-0.05, 0) is 6.42 Å². The van der Waals surface area contributed by atoms with Crippen molar-refractivity contribution in [1.29, 1.82) is 0 Å². The van der Waals surface area contributed by atoms with Crippen LogP contribution >= 0.6 is 0 Å². The number of rotatable bonds is 2. The van der Waals surface area contributed by atoms with E-state index >= 15 is 0 Å². The van der Waals surface area contributed by atoms with Gasteiger partial charge in [-0.3, -0.25) is 0 Å². The smallest absolute Gasteiger partial charge is 0.0768 e. The van der Waals surface area contributed by atoms with Gasteiger partial charge < -0.3 is 10.2 Å². The Morgan fingerprint density at radius 2 is 2.00 bits per heavy atom. The molecule has 0 rings (SSSR count). The number of hydrogen-bond acceptors (Lipinski definition) is 2. The molecular weight excluding hydrogens is 169 g/mol. The molecule has 0 aliphatic heterocycles. The standard InChI is InChI=1S/C4H10O2.Y/c1-2-4(6)3-5;/h4-6H,2-3H2,1H3;/t4-;/m1./s1. The molecule has 2 nitrogen and oxygen atoms in total. The van der Waals surface area contributed by atoms with E-state index in [1.165, 1.54) is 0 Å². The SMILES string of the molecule is CC[C@@H](O)CO.[Y]. The summed E-state index contributed by atoms with van der Waals surface area (Å²) in [5.74, 6) is 0. The number of aliphatic hydroxyl groups excluding tert-OH is 2. The van der Waals surface area contributed by atoms with Crippen molar-refractivity contribution in [1.82, 2.24) is 0 Å². The summed E-state index contributed by atoms with van der Waals surface area (Å²) in [6.45, 7) is 1.71. The Hall–Kier alpha value is 1.02. The Labute approximate surface area is 68.8 Å². The first kappa shape index (κ1) is 10.9. The van der Waals surface area contributed by atoms with Gasteiger partial charge in [0.05, 0.1) is 12.7 Å². The van der Waals surface area contributed by atoms with E-state index in [1.807, 2.05) is 6.92 Å². The fraction of sp³-hybridized carbons (Fsp3) is 1.00. The summed E-state index contributed by atoms with van der Waals surface area (Å²) in [7, 11) is 0. The Kier molecular flexibility index (Phi) is 10.9. The molecule has 0 unspecified atom stereocenters. The molecular formula is C4H10O2Y. The van der Waals surface area contributed by atoms with Crippen molar-refractivity contribution in [3.63, 3.8) is 0 Å². The summed E-state index contributed by atoms with van der Waals surface area (Å²) in [6.07, 6.45) is 0.126. The zero-order chi connectivity index (χ0) is 4.99. The second-order valence-electron chi connectivity index (χ2n) is 1.24. The van der Waals surface area contributed by atoms with Crippen LogP contribution in [0.25, 0.3) is 0 Å². The molecule has 0 bridgehead atoms. The maximum absolute atomic E-state index is 8.42. The molecule has 2 N–H and O–H groups in total. The van der Waals surface area contributed by atoms with Gasteiger partial charge in [0.2, 0.25) is 0 Å². The van der Waals surface area contributed by atoms with Crippen molar-refractivity contribution in [3.05, 3.63) is 0 Å². The molecule has 7 heavy (non-hydrogen) atoms. The average Bonchev–Trinajstić information content (AvgIpc) is 1.65. The minimum Gasteiger partial charge on any atom is -0.394 e. The van der Waals surface area contributed by atoms with E-state index in [-0.39, 0.29) is 39.3 Å². The van der Waals surface area contributed by atoms with Crippen molar-refractivity contribution in [2.45, 2.75) is 19.4 Å². The van der Waals surface area contributed by atoms with Crippen molar-refractivity contribution in [2.75, 3.05) is 6.61 Å². The molecule has 0 fully saturated rings. The van der Waals surface area contributed by atoms with Crippen LogP contribution in [0.4, 0.5) is 0 Å². The van der Waals surface area contributed by atoms with E-state index < -0.39 is 6.10 Å². The third-order valence-corrected chi connectivity index (χ3v) is 0.682. The molecule has 1 atom stereocenters. The predicted octanol–water partition coefficient (Wildman–Crippen LogP) is -0.253. The third kappa shape index (κ3) is 7.02. The average molecular weight is 179 g/mol. The van der Waals surface area contributed by atoms with Crippen molar-refractivity contribution < 1.29 is 42.9 Å². The van der Waals surface area contributed by atoms with Gasteiger partial charge in [0.25, 0.3) is 0 Å². The van der Waals surface area contributed by atoms with Gasteiger partial charge in [0.1, 0.15) is 0 Å². The second kappa shape index (κ2) is 7.02. The van der Waals surface area contributed by atoms with Crippen LogP contribution in [0.1, 0.15) is 13.3 Å². The molecule has 0 aliphatic carbocycles. The van der Waals surface area contributed by atoms with Crippen LogP contribution in [0.3, 0.4) is 0 Å². The fourth-order valence-corrected chi connectivity index (χ4v) is 0.129. The Morgan fingerprint density at radius 3 is 2.00 bits per heavy atom. The topological polar surface area (TPSA) is 40.5 Å². The van der Waals surface area contributed by atoms with Crippen LogP contribution in [-0.2, 0) is 32.7 Å². The van der Waals surface area contributed by atoms with E-state index in [2.05, 4.69) is 0 Å². The molecule has 0 saturated heterocycles. The van der Waals surface area contributed by atoms with E-state index in [0.717, 1.165) is 0 Å². The summed E-state index contributed by atoms with van der Waals surface area (Å²) in [5, 5.41) is 16.5. The molecule has 0 amide bonds. The van der Waals surface area contributed by atoms with Crippen LogP contribution in [0, 0.1) is 0 Å². The number of hydrogen-bond donors (Lipinski definition) is 2. The predicted molar refractivity (Wildman–Crippen MR) is 23.4 cm³/mol. The first-order valence-corrected chi connectivity index (χ1v) is 2.10. The summed E-state index contributed by atoms with van der Waals surface area (Å²) >= 11 is 0. The quantitative estimate of drug-likeness (QED) is 0.613. The first-order valence-electron chi connectivity index (χ1n) is 2.10. The molecule has 0 spiro atoms. The number of aliphatic hydroxyl groups is 2. The monoisotopic (exact) mass is 179 g/mol. The zero-order valence-electron chi connectivity index (χ0n) is 4.46. The van der Waals surface area contributed by atoms with Gasteiger partial charge in [-0.1, -0.05) is 6.92 Å². The van der Waals surface area contributed by atoms with E-state index in [9.17, 15) is 0 Å². The van der Waals surface area contributed by atoms with Gasteiger partial charge in [-0.15, -0.1) is 0 Å². The molecule has 41 valence electrons. The Balaban J connectivity index is 0. The fourth-order valence-electron chi connectivity index (χ4n) is 0.129. The molecule has 0 saturated carbocycles. The maximum atomic E-state index is 8.42. The molecule has 0 heterocycles. The Morgan fingerprint density at radius 1 is 1.57 bits per heavy atom. The van der Waals surface area contributed by atoms with Gasteiger partial charge >= 0.3 is 0 Å². The minimum atomic E-state index is -0.509. The Bertz CT molecular complexity index is 28.9. The van der Waals surface area contributed by atoms with Gasteiger partial charge in [0, 0.05) is 32.7 Å². The van der Waals surface area contributed by atoms with Crippen LogP contribution in [0.15, 0.2) is 0 Å². The summed E-state index contributed by atoms with van der Waals surface area (Å²) in [5.41, 5.74) is 0. The van der Waals surface area contributed by atoms with Crippen molar-refractivity contribution in [3.8, 4) is 0 Å². The minimum absolute atomic E-state index is 0. The van der Waals surface area contributed by atoms with E-state index in [4.69, 9.17) is 10.2 Å². The first-order chi connectivity index (χ1) is 2.81. The molecule has 1 radical (unpaired) electrons. The molecule has 0 aromatic rings. The van der Waals surface area contributed by atoms with Crippen LogP contribution in [-0.4, -0.2) is 22.9 Å². The van der Waals surface area contributed by atoms with Gasteiger partial charge in [-0.2, -0.15) is 0 Å². The summed E-state index contributed by atoms with van der Waals surface area (Å²) in [4.78, 5) is 0. The van der Waals surface area contributed by atoms with Crippen LogP contribution in [0.5, 0.6) is 0 Å². The van der Waals surface area contributed by atoms with Crippen molar-refractivity contribution >= 4 is 0 Å². The van der Waals surface area contributed by atoms with Gasteiger partial charge in [0.15, 0.2) is 0 Å². The summed E-state index contributed by atoms with van der Waals surface area (Å²) in [6, 6.07) is 0. The second-order valence-corrected chi connectivity index (χ2v) is 1.24. The largest absolute Gasteiger partial charge is 0.394 e. The molecule has 0 aromatic carbocycles. The van der Waals surface area contributed by atoms with E-state index in [1.54, 1.807) is 0 Å². The van der Waals surface area contributed by atoms with Gasteiger partial charge in [-0.25, -0.2) is 0 Å².